The third kappa shape index (κ3) is 4.24. The Morgan fingerprint density at radius 3 is 2.41 bits per heavy atom. The van der Waals surface area contributed by atoms with Gasteiger partial charge in [-0.25, -0.2) is 9.78 Å². The molecule has 4 rings (SSSR count). The second-order valence-electron chi connectivity index (χ2n) is 8.24. The number of rotatable bonds is 7. The van der Waals surface area contributed by atoms with Crippen LogP contribution in [0.4, 0.5) is 0 Å². The Balaban J connectivity index is 1.69. The molecule has 0 bridgehead atoms. The van der Waals surface area contributed by atoms with Gasteiger partial charge in [0.05, 0.1) is 27.1 Å². The quantitative estimate of drug-likeness (QED) is 0.541. The van der Waals surface area contributed by atoms with Gasteiger partial charge in [-0.2, -0.15) is 0 Å². The smallest absolute Gasteiger partial charge is 0.359 e. The zero-order chi connectivity index (χ0) is 24.3. The zero-order valence-electron chi connectivity index (χ0n) is 19.3. The summed E-state index contributed by atoms with van der Waals surface area (Å²) in [4.78, 5) is 45.0. The summed E-state index contributed by atoms with van der Waals surface area (Å²) in [6, 6.07) is 16.8. The van der Waals surface area contributed by atoms with Crippen LogP contribution in [-0.4, -0.2) is 52.0 Å². The molecule has 0 radical (unpaired) electrons. The molecule has 0 aliphatic carbocycles. The lowest BCUT2D eigenvalue weighted by atomic mass is 9.93. The van der Waals surface area contributed by atoms with Gasteiger partial charge in [0.2, 0.25) is 5.91 Å². The van der Waals surface area contributed by atoms with E-state index in [0.29, 0.717) is 12.3 Å². The summed E-state index contributed by atoms with van der Waals surface area (Å²) in [5, 5.41) is 2.96. The second kappa shape index (κ2) is 9.38. The SMILES string of the molecule is COC(=O)c1ncn2c1C(=O)N(Cc1ccc(OC)cc1)[C@@](C)(C(=O)NCc1ccccc1)C2. The molecule has 1 N–H and O–H groups in total. The van der Waals surface area contributed by atoms with Crippen LogP contribution in [0.5, 0.6) is 5.75 Å². The third-order valence-corrected chi connectivity index (χ3v) is 6.02. The first-order valence-corrected chi connectivity index (χ1v) is 10.8. The summed E-state index contributed by atoms with van der Waals surface area (Å²) in [6.07, 6.45) is 1.40. The van der Waals surface area contributed by atoms with Crippen LogP contribution in [0.25, 0.3) is 0 Å². The van der Waals surface area contributed by atoms with Gasteiger partial charge in [0.25, 0.3) is 5.91 Å². The van der Waals surface area contributed by atoms with Crippen molar-refractivity contribution >= 4 is 17.8 Å². The van der Waals surface area contributed by atoms with E-state index in [1.54, 1.807) is 30.7 Å². The van der Waals surface area contributed by atoms with Crippen molar-refractivity contribution in [2.24, 2.45) is 0 Å². The topological polar surface area (TPSA) is 103 Å². The molecule has 2 amide bonds. The molecule has 0 spiro atoms. The predicted molar refractivity (Wildman–Crippen MR) is 123 cm³/mol. The maximum atomic E-state index is 13.7. The molecule has 0 fully saturated rings. The van der Waals surface area contributed by atoms with Gasteiger partial charge in [0.15, 0.2) is 5.69 Å². The molecule has 1 aliphatic rings. The van der Waals surface area contributed by atoms with Crippen molar-refractivity contribution in [3.63, 3.8) is 0 Å². The minimum Gasteiger partial charge on any atom is -0.497 e. The highest BCUT2D eigenvalue weighted by Crippen LogP contribution is 2.31. The van der Waals surface area contributed by atoms with Gasteiger partial charge in [-0.15, -0.1) is 0 Å². The number of nitrogens with one attached hydrogen (secondary N) is 1. The monoisotopic (exact) mass is 462 g/mol. The van der Waals surface area contributed by atoms with Gasteiger partial charge in [0.1, 0.15) is 17.0 Å². The van der Waals surface area contributed by atoms with Crippen molar-refractivity contribution in [2.75, 3.05) is 14.2 Å². The highest BCUT2D eigenvalue weighted by Gasteiger charge is 2.48. The maximum absolute atomic E-state index is 13.7. The van der Waals surface area contributed by atoms with Crippen LogP contribution < -0.4 is 10.1 Å². The fourth-order valence-corrected chi connectivity index (χ4v) is 4.06. The van der Waals surface area contributed by atoms with Crippen molar-refractivity contribution in [1.29, 1.82) is 0 Å². The number of hydrogen-bond acceptors (Lipinski definition) is 6. The Bertz CT molecular complexity index is 1210. The second-order valence-corrected chi connectivity index (χ2v) is 8.24. The van der Waals surface area contributed by atoms with E-state index in [1.165, 1.54) is 18.3 Å². The van der Waals surface area contributed by atoms with Gasteiger partial charge in [-0.05, 0) is 30.2 Å². The number of methoxy groups -OCH3 is 2. The van der Waals surface area contributed by atoms with Crippen LogP contribution in [0.1, 0.15) is 39.0 Å². The van der Waals surface area contributed by atoms with Crippen LogP contribution in [0.2, 0.25) is 0 Å². The Hall–Kier alpha value is -4.14. The fourth-order valence-electron chi connectivity index (χ4n) is 4.06. The predicted octanol–water partition coefficient (Wildman–Crippen LogP) is 2.41. The summed E-state index contributed by atoms with van der Waals surface area (Å²) in [5.74, 6) is -0.804. The lowest BCUT2D eigenvalue weighted by Gasteiger charge is -2.43. The Labute approximate surface area is 197 Å². The van der Waals surface area contributed by atoms with E-state index in [0.717, 1.165) is 11.1 Å². The largest absolute Gasteiger partial charge is 0.497 e. The number of benzene rings is 2. The standard InChI is InChI=1S/C25H26N4O5/c1-25(24(32)26-13-17-7-5-4-6-8-17)15-28-16-27-20(23(31)34-3)21(28)22(30)29(25)14-18-9-11-19(33-2)12-10-18/h4-12,16H,13-15H2,1-3H3,(H,26,32)/t25-/m1/s1. The van der Waals surface area contributed by atoms with Crippen molar-refractivity contribution < 1.29 is 23.9 Å². The number of fused-ring (bicyclic) bond motifs is 1. The molecule has 9 nitrogen and oxygen atoms in total. The van der Waals surface area contributed by atoms with E-state index in [9.17, 15) is 14.4 Å². The molecule has 1 atom stereocenters. The zero-order valence-corrected chi connectivity index (χ0v) is 19.3. The Morgan fingerprint density at radius 1 is 1.06 bits per heavy atom. The number of nitrogens with zero attached hydrogens (tertiary/aromatic N) is 3. The minimum absolute atomic E-state index is 0.0704. The van der Waals surface area contributed by atoms with Crippen LogP contribution in [0, 0.1) is 0 Å². The minimum atomic E-state index is -1.23. The van der Waals surface area contributed by atoms with E-state index in [-0.39, 0.29) is 30.4 Å². The average Bonchev–Trinajstić information content (AvgIpc) is 3.29. The molecule has 34 heavy (non-hydrogen) atoms. The summed E-state index contributed by atoms with van der Waals surface area (Å²) in [6.45, 7) is 2.33. The number of hydrogen-bond donors (Lipinski definition) is 1. The maximum Gasteiger partial charge on any atom is 0.359 e. The van der Waals surface area contributed by atoms with E-state index in [1.807, 2.05) is 42.5 Å². The number of aromatic nitrogens is 2. The molecule has 0 saturated heterocycles. The molecule has 2 aromatic carbocycles. The summed E-state index contributed by atoms with van der Waals surface area (Å²) >= 11 is 0. The number of amides is 2. The number of imidazole rings is 1. The molecule has 3 aromatic rings. The Kier molecular flexibility index (Phi) is 6.36. The van der Waals surface area contributed by atoms with Gasteiger partial charge in [-0.1, -0.05) is 42.5 Å². The fraction of sp³-hybridized carbons (Fsp3) is 0.280. The average molecular weight is 463 g/mol. The number of carbonyl (C=O) groups is 3. The highest BCUT2D eigenvalue weighted by atomic mass is 16.5. The van der Waals surface area contributed by atoms with Crippen molar-refractivity contribution in [3.05, 3.63) is 83.4 Å². The third-order valence-electron chi connectivity index (χ3n) is 6.02. The molecule has 0 unspecified atom stereocenters. The molecule has 1 aromatic heterocycles. The molecule has 1 aliphatic heterocycles. The van der Waals surface area contributed by atoms with Gasteiger partial charge < -0.3 is 24.3 Å². The Morgan fingerprint density at radius 2 is 1.76 bits per heavy atom. The van der Waals surface area contributed by atoms with Gasteiger partial charge >= 0.3 is 5.97 Å². The van der Waals surface area contributed by atoms with Crippen LogP contribution in [0.3, 0.4) is 0 Å². The molecular formula is C25H26N4O5. The van der Waals surface area contributed by atoms with Crippen molar-refractivity contribution in [3.8, 4) is 5.75 Å². The first-order chi connectivity index (χ1) is 16.4. The summed E-state index contributed by atoms with van der Waals surface area (Å²) < 4.78 is 11.6. The van der Waals surface area contributed by atoms with Gasteiger partial charge in [-0.3, -0.25) is 9.59 Å². The number of carbonyl (C=O) groups excluding carboxylic acids is 3. The number of ether oxygens (including phenoxy) is 2. The highest BCUT2D eigenvalue weighted by molar-refractivity contribution is 6.06. The molecule has 176 valence electrons. The molecule has 2 heterocycles. The van der Waals surface area contributed by atoms with Crippen LogP contribution in [0.15, 0.2) is 60.9 Å². The molecule has 9 heteroatoms. The van der Waals surface area contributed by atoms with E-state index in [2.05, 4.69) is 10.3 Å². The first kappa shape index (κ1) is 23.0. The molecule has 0 saturated carbocycles. The first-order valence-electron chi connectivity index (χ1n) is 10.8. The van der Waals surface area contributed by atoms with E-state index < -0.39 is 17.4 Å². The normalized spacial score (nSPS) is 17.1. The lowest BCUT2D eigenvalue weighted by Crippen LogP contribution is -2.63. The molecular weight excluding hydrogens is 436 g/mol. The van der Waals surface area contributed by atoms with Crippen molar-refractivity contribution in [1.82, 2.24) is 19.8 Å². The lowest BCUT2D eigenvalue weighted by molar-refractivity contribution is -0.133. The van der Waals surface area contributed by atoms with Crippen molar-refractivity contribution in [2.45, 2.75) is 32.1 Å². The number of esters is 1. The van der Waals surface area contributed by atoms with Gasteiger partial charge in [0, 0.05) is 13.1 Å². The summed E-state index contributed by atoms with van der Waals surface area (Å²) in [5.41, 5.74) is 0.559. The van der Waals surface area contributed by atoms with Crippen LogP contribution >= 0.6 is 0 Å². The van der Waals surface area contributed by atoms with E-state index >= 15 is 0 Å². The van der Waals surface area contributed by atoms with Crippen LogP contribution in [-0.2, 0) is 29.2 Å². The van der Waals surface area contributed by atoms with E-state index in [4.69, 9.17) is 9.47 Å². The summed E-state index contributed by atoms with van der Waals surface area (Å²) in [7, 11) is 2.81.